The van der Waals surface area contributed by atoms with Gasteiger partial charge in [0.15, 0.2) is 0 Å². The summed E-state index contributed by atoms with van der Waals surface area (Å²) in [7, 11) is 0. The van der Waals surface area contributed by atoms with Gasteiger partial charge in [0.2, 0.25) is 0 Å². The van der Waals surface area contributed by atoms with Crippen molar-refractivity contribution < 1.29 is 14.7 Å². The first-order valence-electron chi connectivity index (χ1n) is 11.0. The number of carboxylic acids is 1. The number of hydrogen-bond acceptors (Lipinski definition) is 3. The molecular formula is C27H29NO4. The summed E-state index contributed by atoms with van der Waals surface area (Å²) < 4.78 is 0. The van der Waals surface area contributed by atoms with Gasteiger partial charge in [-0.25, -0.2) is 4.79 Å². The summed E-state index contributed by atoms with van der Waals surface area (Å²) in [6, 6.07) is 13.2. The number of amides is 1. The molecule has 0 radical (unpaired) electrons. The monoisotopic (exact) mass is 431 g/mol. The van der Waals surface area contributed by atoms with Crippen LogP contribution < -0.4 is 0 Å². The first-order valence-corrected chi connectivity index (χ1v) is 11.0. The fourth-order valence-electron chi connectivity index (χ4n) is 4.69. The normalized spacial score (nSPS) is 15.8. The molecule has 2 aromatic carbocycles. The number of carboxylic acid groups (broad SMARTS) is 1. The first kappa shape index (κ1) is 23.3. The van der Waals surface area contributed by atoms with Gasteiger partial charge < -0.3 is 5.11 Å². The minimum absolute atomic E-state index is 0.283. The Morgan fingerprint density at radius 2 is 1.69 bits per heavy atom. The van der Waals surface area contributed by atoms with Crippen molar-refractivity contribution in [3.05, 3.63) is 80.8 Å². The summed E-state index contributed by atoms with van der Waals surface area (Å²) in [5, 5.41) is 11.9. The average molecular weight is 432 g/mol. The summed E-state index contributed by atoms with van der Waals surface area (Å²) in [5.74, 6) is -1.32. The smallest absolute Gasteiger partial charge is 0.335 e. The van der Waals surface area contributed by atoms with Gasteiger partial charge in [-0.05, 0) is 91.1 Å². The zero-order valence-electron chi connectivity index (χ0n) is 18.9. The first-order chi connectivity index (χ1) is 15.3. The lowest BCUT2D eigenvalue weighted by atomic mass is 9.76. The van der Waals surface area contributed by atoms with Crippen molar-refractivity contribution in [1.82, 2.24) is 0 Å². The Morgan fingerprint density at radius 3 is 2.31 bits per heavy atom. The van der Waals surface area contributed by atoms with Crippen molar-refractivity contribution in [3.63, 3.8) is 0 Å². The van der Waals surface area contributed by atoms with Crippen molar-refractivity contribution in [3.8, 4) is 0 Å². The van der Waals surface area contributed by atoms with Crippen LogP contribution in [0.5, 0.6) is 0 Å². The Labute approximate surface area is 188 Å². The van der Waals surface area contributed by atoms with Crippen molar-refractivity contribution in [2.45, 2.75) is 52.9 Å². The van der Waals surface area contributed by atoms with E-state index in [0.717, 1.165) is 40.7 Å². The van der Waals surface area contributed by atoms with Crippen LogP contribution in [0.2, 0.25) is 0 Å². The Kier molecular flexibility index (Phi) is 7.52. The zero-order valence-corrected chi connectivity index (χ0v) is 18.9. The molecule has 32 heavy (non-hydrogen) atoms. The highest BCUT2D eigenvalue weighted by molar-refractivity contribution is 6.00. The second-order valence-corrected chi connectivity index (χ2v) is 8.52. The van der Waals surface area contributed by atoms with E-state index in [9.17, 15) is 19.6 Å². The van der Waals surface area contributed by atoms with Gasteiger partial charge in [-0.2, -0.15) is 0 Å². The van der Waals surface area contributed by atoms with Crippen LogP contribution >= 0.6 is 0 Å². The molecule has 1 saturated carbocycles. The van der Waals surface area contributed by atoms with Gasteiger partial charge in [0.1, 0.15) is 0 Å². The highest BCUT2D eigenvalue weighted by atomic mass is 16.4. The quantitative estimate of drug-likeness (QED) is 0.306. The maximum absolute atomic E-state index is 11.7. The van der Waals surface area contributed by atoms with Gasteiger partial charge in [0, 0.05) is 10.7 Å². The number of carbonyl (C=O) groups is 2. The van der Waals surface area contributed by atoms with Crippen LogP contribution in [0.1, 0.15) is 78.6 Å². The van der Waals surface area contributed by atoms with E-state index in [-0.39, 0.29) is 5.56 Å². The molecule has 1 amide bonds. The van der Waals surface area contributed by atoms with Gasteiger partial charge >= 0.3 is 11.9 Å². The number of carbonyl (C=O) groups excluding carboxylic acids is 1. The van der Waals surface area contributed by atoms with Gasteiger partial charge in [-0.1, -0.05) is 49.6 Å². The number of nitroso groups, excluding NO2 is 1. The Bertz CT molecular complexity index is 1100. The lowest BCUT2D eigenvalue weighted by Gasteiger charge is -2.28. The van der Waals surface area contributed by atoms with Crippen LogP contribution in [0.25, 0.3) is 17.2 Å². The Balaban J connectivity index is 2.21. The molecular weight excluding hydrogens is 402 g/mol. The molecule has 0 aromatic heterocycles. The molecule has 0 spiro atoms. The van der Waals surface area contributed by atoms with Crippen molar-refractivity contribution in [2.75, 3.05) is 0 Å². The van der Waals surface area contributed by atoms with Crippen LogP contribution in [-0.4, -0.2) is 17.0 Å². The molecule has 0 heterocycles. The van der Waals surface area contributed by atoms with Gasteiger partial charge in [-0.3, -0.25) is 4.79 Å². The number of nitrogens with zero attached hydrogens (tertiary/aromatic N) is 1. The Hall–Kier alpha value is -3.34. The molecule has 5 nitrogen and oxygen atoms in total. The van der Waals surface area contributed by atoms with Crippen molar-refractivity contribution in [1.29, 1.82) is 0 Å². The minimum atomic E-state index is -0.931. The zero-order chi connectivity index (χ0) is 23.3. The van der Waals surface area contributed by atoms with E-state index in [4.69, 9.17) is 0 Å². The molecule has 1 fully saturated rings. The number of aromatic carboxylic acids is 1. The third-order valence-corrected chi connectivity index (χ3v) is 6.34. The molecule has 2 aromatic rings. The summed E-state index contributed by atoms with van der Waals surface area (Å²) in [4.78, 5) is 33.8. The molecule has 5 heteroatoms. The highest BCUT2D eigenvalue weighted by Crippen LogP contribution is 2.42. The molecule has 166 valence electrons. The molecule has 1 aliphatic carbocycles. The molecule has 1 aliphatic rings. The molecule has 0 atom stereocenters. The van der Waals surface area contributed by atoms with Crippen molar-refractivity contribution >= 4 is 29.1 Å². The largest absolute Gasteiger partial charge is 0.478 e. The van der Waals surface area contributed by atoms with E-state index in [1.54, 1.807) is 25.1 Å². The summed E-state index contributed by atoms with van der Waals surface area (Å²) in [5.41, 5.74) is 6.77. The standard InChI is InChI=1S/C27H29NO4/c1-17-15-22(27(30)31)13-14-23(17)25(20-9-5-4-6-10-20)19(3)24-12-8-7-11-21(24)16-18(2)26(29)28-32/h7-8,11-16,20H,4-6,9-10H2,1-3H3,(H,30,31)/b18-16+,25-19+. The number of allylic oxidation sites excluding steroid dienone is 2. The predicted octanol–water partition coefficient (Wildman–Crippen LogP) is 6.90. The van der Waals surface area contributed by atoms with Crippen LogP contribution in [0, 0.1) is 17.7 Å². The molecule has 1 N–H and O–H groups in total. The second kappa shape index (κ2) is 10.3. The van der Waals surface area contributed by atoms with E-state index >= 15 is 0 Å². The van der Waals surface area contributed by atoms with E-state index in [1.807, 2.05) is 37.3 Å². The SMILES string of the molecule is C/C(=C\c1ccccc1/C(C)=C(/c1ccc(C(=O)O)cc1C)C1CCCCC1)C(=O)N=O. The highest BCUT2D eigenvalue weighted by Gasteiger charge is 2.24. The third-order valence-electron chi connectivity index (χ3n) is 6.34. The number of aryl methyl sites for hydroxylation is 1. The third kappa shape index (κ3) is 5.10. The minimum Gasteiger partial charge on any atom is -0.478 e. The molecule has 0 bridgehead atoms. The fourth-order valence-corrected chi connectivity index (χ4v) is 4.69. The number of hydrogen-bond donors (Lipinski definition) is 1. The number of rotatable bonds is 6. The van der Waals surface area contributed by atoms with E-state index in [0.29, 0.717) is 11.5 Å². The summed E-state index contributed by atoms with van der Waals surface area (Å²) in [6.45, 7) is 5.65. The van der Waals surface area contributed by atoms with Gasteiger partial charge in [0.25, 0.3) is 0 Å². The maximum atomic E-state index is 11.7. The van der Waals surface area contributed by atoms with Gasteiger partial charge in [0.05, 0.1) is 5.56 Å². The lowest BCUT2D eigenvalue weighted by Crippen LogP contribution is -2.12. The maximum Gasteiger partial charge on any atom is 0.335 e. The fraction of sp³-hybridized carbons (Fsp3) is 0.333. The van der Waals surface area contributed by atoms with Crippen LogP contribution in [0.4, 0.5) is 0 Å². The van der Waals surface area contributed by atoms with Crippen LogP contribution in [-0.2, 0) is 4.79 Å². The Morgan fingerprint density at radius 1 is 1.00 bits per heavy atom. The predicted molar refractivity (Wildman–Crippen MR) is 128 cm³/mol. The summed E-state index contributed by atoms with van der Waals surface area (Å²) in [6.07, 6.45) is 7.48. The van der Waals surface area contributed by atoms with E-state index in [2.05, 4.69) is 12.1 Å². The van der Waals surface area contributed by atoms with Gasteiger partial charge in [-0.15, -0.1) is 4.91 Å². The summed E-state index contributed by atoms with van der Waals surface area (Å²) >= 11 is 0. The average Bonchev–Trinajstić information content (AvgIpc) is 2.80. The topological polar surface area (TPSA) is 83.8 Å². The molecule has 0 aliphatic heterocycles. The van der Waals surface area contributed by atoms with E-state index < -0.39 is 11.9 Å². The van der Waals surface area contributed by atoms with Crippen LogP contribution in [0.15, 0.2) is 53.2 Å². The number of benzene rings is 2. The van der Waals surface area contributed by atoms with Crippen molar-refractivity contribution in [2.24, 2.45) is 11.1 Å². The lowest BCUT2D eigenvalue weighted by molar-refractivity contribution is -0.114. The molecule has 0 saturated heterocycles. The van der Waals surface area contributed by atoms with Crippen LogP contribution in [0.3, 0.4) is 0 Å². The molecule has 3 rings (SSSR count). The molecule has 0 unspecified atom stereocenters. The van der Waals surface area contributed by atoms with E-state index in [1.165, 1.54) is 24.8 Å². The second-order valence-electron chi connectivity index (χ2n) is 8.52.